The van der Waals surface area contributed by atoms with Gasteiger partial charge in [-0.2, -0.15) is 0 Å². The SMILES string of the molecule is CCn1cnc(CI)c1CI. The van der Waals surface area contributed by atoms with Gasteiger partial charge in [0.05, 0.1) is 17.7 Å². The van der Waals surface area contributed by atoms with Gasteiger partial charge in [0.2, 0.25) is 0 Å². The summed E-state index contributed by atoms with van der Waals surface area (Å²) in [5.74, 6) is 0. The molecule has 1 heterocycles. The summed E-state index contributed by atoms with van der Waals surface area (Å²) < 4.78 is 4.29. The van der Waals surface area contributed by atoms with Crippen LogP contribution in [-0.4, -0.2) is 9.55 Å². The zero-order valence-corrected chi connectivity index (χ0v) is 10.7. The van der Waals surface area contributed by atoms with Crippen LogP contribution in [0.1, 0.15) is 18.3 Å². The molecule has 0 saturated carbocycles. The predicted octanol–water partition coefficient (Wildman–Crippen LogP) is 2.77. The van der Waals surface area contributed by atoms with Crippen LogP contribution < -0.4 is 0 Å². The first-order chi connectivity index (χ1) is 5.33. The van der Waals surface area contributed by atoms with Crippen molar-refractivity contribution >= 4 is 45.2 Å². The van der Waals surface area contributed by atoms with E-state index in [1.54, 1.807) is 0 Å². The second kappa shape index (κ2) is 4.64. The fourth-order valence-electron chi connectivity index (χ4n) is 0.987. The lowest BCUT2D eigenvalue weighted by Crippen LogP contribution is -1.98. The molecule has 0 aromatic carbocycles. The van der Waals surface area contributed by atoms with Crippen LogP contribution in [-0.2, 0) is 15.4 Å². The number of aryl methyl sites for hydroxylation is 1. The van der Waals surface area contributed by atoms with Gasteiger partial charge in [-0.3, -0.25) is 0 Å². The minimum absolute atomic E-state index is 1.02. The standard InChI is InChI=1S/C7H10I2N2/c1-2-11-5-10-6(3-8)7(11)4-9/h5H,2-4H2,1H3. The summed E-state index contributed by atoms with van der Waals surface area (Å²) in [6.45, 7) is 3.18. The highest BCUT2D eigenvalue weighted by Crippen LogP contribution is 2.14. The molecule has 4 heteroatoms. The van der Waals surface area contributed by atoms with Crippen LogP contribution in [0, 0.1) is 0 Å². The Morgan fingerprint density at radius 1 is 1.45 bits per heavy atom. The molecule has 11 heavy (non-hydrogen) atoms. The highest BCUT2D eigenvalue weighted by Gasteiger charge is 2.05. The molecule has 0 bridgehead atoms. The zero-order valence-electron chi connectivity index (χ0n) is 6.35. The number of rotatable bonds is 3. The number of hydrogen-bond donors (Lipinski definition) is 0. The molecular formula is C7H10I2N2. The van der Waals surface area contributed by atoms with Crippen molar-refractivity contribution in [3.8, 4) is 0 Å². The fraction of sp³-hybridized carbons (Fsp3) is 0.571. The largest absolute Gasteiger partial charge is 0.334 e. The maximum Gasteiger partial charge on any atom is 0.0952 e. The van der Waals surface area contributed by atoms with E-state index in [0.717, 1.165) is 15.4 Å². The number of imidazole rings is 1. The minimum atomic E-state index is 1.02. The van der Waals surface area contributed by atoms with E-state index in [1.165, 1.54) is 11.4 Å². The summed E-state index contributed by atoms with van der Waals surface area (Å²) in [6, 6.07) is 0. The van der Waals surface area contributed by atoms with E-state index >= 15 is 0 Å². The summed E-state index contributed by atoms with van der Waals surface area (Å²) in [4.78, 5) is 4.33. The molecule has 0 aliphatic heterocycles. The Bertz CT molecular complexity index is 211. The van der Waals surface area contributed by atoms with Crippen molar-refractivity contribution in [1.29, 1.82) is 0 Å². The van der Waals surface area contributed by atoms with Gasteiger partial charge in [-0.25, -0.2) is 4.98 Å². The van der Waals surface area contributed by atoms with E-state index in [9.17, 15) is 0 Å². The summed E-state index contributed by atoms with van der Waals surface area (Å²) in [5.41, 5.74) is 2.62. The molecule has 2 nitrogen and oxygen atoms in total. The van der Waals surface area contributed by atoms with Crippen LogP contribution in [0.3, 0.4) is 0 Å². The third kappa shape index (κ3) is 2.07. The lowest BCUT2D eigenvalue weighted by molar-refractivity contribution is 0.734. The average molecular weight is 376 g/mol. The molecule has 0 N–H and O–H groups in total. The lowest BCUT2D eigenvalue weighted by atomic mass is 10.4. The van der Waals surface area contributed by atoms with Crippen molar-refractivity contribution < 1.29 is 0 Å². The maximum atomic E-state index is 4.33. The Kier molecular flexibility index (Phi) is 4.11. The van der Waals surface area contributed by atoms with Gasteiger partial charge in [-0.1, -0.05) is 45.2 Å². The quantitative estimate of drug-likeness (QED) is 0.586. The van der Waals surface area contributed by atoms with Crippen molar-refractivity contribution in [2.75, 3.05) is 0 Å². The molecule has 0 unspecified atom stereocenters. The number of halogens is 2. The first-order valence-electron chi connectivity index (χ1n) is 3.48. The Hall–Kier alpha value is 0.670. The molecule has 0 saturated heterocycles. The lowest BCUT2D eigenvalue weighted by Gasteiger charge is -2.01. The van der Waals surface area contributed by atoms with Gasteiger partial charge >= 0.3 is 0 Å². The highest BCUT2D eigenvalue weighted by molar-refractivity contribution is 14.1. The van der Waals surface area contributed by atoms with E-state index < -0.39 is 0 Å². The van der Waals surface area contributed by atoms with Crippen molar-refractivity contribution in [1.82, 2.24) is 9.55 Å². The maximum absolute atomic E-state index is 4.33. The van der Waals surface area contributed by atoms with Gasteiger partial charge in [-0.15, -0.1) is 0 Å². The summed E-state index contributed by atoms with van der Waals surface area (Å²) in [5, 5.41) is 0. The van der Waals surface area contributed by atoms with Gasteiger partial charge in [-0.05, 0) is 6.92 Å². The van der Waals surface area contributed by atoms with Crippen molar-refractivity contribution in [3.05, 3.63) is 17.7 Å². The monoisotopic (exact) mass is 376 g/mol. The summed E-state index contributed by atoms with van der Waals surface area (Å²) in [7, 11) is 0. The van der Waals surface area contributed by atoms with Gasteiger partial charge < -0.3 is 4.57 Å². The topological polar surface area (TPSA) is 17.8 Å². The van der Waals surface area contributed by atoms with E-state index in [1.807, 2.05) is 6.33 Å². The Labute approximate surface area is 94.1 Å². The molecule has 0 aliphatic carbocycles. The van der Waals surface area contributed by atoms with Crippen LogP contribution in [0.2, 0.25) is 0 Å². The Morgan fingerprint density at radius 3 is 2.64 bits per heavy atom. The first kappa shape index (κ1) is 9.76. The summed E-state index contributed by atoms with van der Waals surface area (Å²) in [6.07, 6.45) is 1.93. The van der Waals surface area contributed by atoms with Gasteiger partial charge in [0.25, 0.3) is 0 Å². The zero-order chi connectivity index (χ0) is 8.27. The molecule has 0 fully saturated rings. The second-order valence-corrected chi connectivity index (χ2v) is 3.72. The van der Waals surface area contributed by atoms with Crippen molar-refractivity contribution in [2.45, 2.75) is 22.3 Å². The van der Waals surface area contributed by atoms with Gasteiger partial charge in [0, 0.05) is 15.4 Å². The molecule has 0 spiro atoms. The molecule has 0 atom stereocenters. The van der Waals surface area contributed by atoms with E-state index in [-0.39, 0.29) is 0 Å². The molecular weight excluding hydrogens is 366 g/mol. The predicted molar refractivity (Wildman–Crippen MR) is 63.3 cm³/mol. The minimum Gasteiger partial charge on any atom is -0.334 e. The number of nitrogens with zero attached hydrogens (tertiary/aromatic N) is 2. The van der Waals surface area contributed by atoms with E-state index in [2.05, 4.69) is 61.7 Å². The van der Waals surface area contributed by atoms with Crippen LogP contribution in [0.25, 0.3) is 0 Å². The first-order valence-corrected chi connectivity index (χ1v) is 6.53. The number of aromatic nitrogens is 2. The Morgan fingerprint density at radius 2 is 2.18 bits per heavy atom. The summed E-state index contributed by atoms with van der Waals surface area (Å²) >= 11 is 4.74. The van der Waals surface area contributed by atoms with Crippen LogP contribution in [0.15, 0.2) is 6.33 Å². The van der Waals surface area contributed by atoms with E-state index in [0.29, 0.717) is 0 Å². The molecule has 0 aliphatic rings. The van der Waals surface area contributed by atoms with Crippen LogP contribution >= 0.6 is 45.2 Å². The molecule has 0 amide bonds. The van der Waals surface area contributed by atoms with Crippen LogP contribution in [0.5, 0.6) is 0 Å². The molecule has 1 aromatic rings. The third-order valence-corrected chi connectivity index (χ3v) is 3.07. The van der Waals surface area contributed by atoms with Gasteiger partial charge in [0.1, 0.15) is 0 Å². The van der Waals surface area contributed by atoms with Crippen molar-refractivity contribution in [2.24, 2.45) is 0 Å². The molecule has 1 aromatic heterocycles. The van der Waals surface area contributed by atoms with Crippen LogP contribution in [0.4, 0.5) is 0 Å². The molecule has 0 radical (unpaired) electrons. The highest BCUT2D eigenvalue weighted by atomic mass is 127. The average Bonchev–Trinajstić information content (AvgIpc) is 2.45. The smallest absolute Gasteiger partial charge is 0.0952 e. The number of hydrogen-bond acceptors (Lipinski definition) is 1. The second-order valence-electron chi connectivity index (χ2n) is 2.19. The van der Waals surface area contributed by atoms with Crippen molar-refractivity contribution in [3.63, 3.8) is 0 Å². The number of alkyl halides is 2. The van der Waals surface area contributed by atoms with E-state index in [4.69, 9.17) is 0 Å². The molecule has 1 rings (SSSR count). The Balaban J connectivity index is 2.99. The van der Waals surface area contributed by atoms with Gasteiger partial charge in [0.15, 0.2) is 0 Å². The fourth-order valence-corrected chi connectivity index (χ4v) is 2.50. The third-order valence-electron chi connectivity index (χ3n) is 1.63. The normalized spacial score (nSPS) is 10.5. The molecule has 62 valence electrons.